The van der Waals surface area contributed by atoms with E-state index in [9.17, 15) is 13.2 Å². The third-order valence-electron chi connectivity index (χ3n) is 5.22. The maximum atomic E-state index is 12.8. The van der Waals surface area contributed by atoms with Gasteiger partial charge in [0.2, 0.25) is 15.9 Å². The van der Waals surface area contributed by atoms with Gasteiger partial charge in [-0.1, -0.05) is 0 Å². The first-order chi connectivity index (χ1) is 11.1. The van der Waals surface area contributed by atoms with Crippen molar-refractivity contribution in [1.82, 2.24) is 9.62 Å². The Labute approximate surface area is 148 Å². The molecule has 0 radical (unpaired) electrons. The van der Waals surface area contributed by atoms with Gasteiger partial charge >= 0.3 is 0 Å². The highest BCUT2D eigenvalue weighted by molar-refractivity contribution is 7.89. The van der Waals surface area contributed by atoms with Crippen molar-refractivity contribution in [2.75, 3.05) is 37.6 Å². The number of benzene rings is 1. The second-order valence-electron chi connectivity index (χ2n) is 6.64. The van der Waals surface area contributed by atoms with Gasteiger partial charge in [-0.15, -0.1) is 12.4 Å². The Hall–Kier alpha value is -1.15. The van der Waals surface area contributed by atoms with Crippen molar-refractivity contribution < 1.29 is 13.2 Å². The fourth-order valence-corrected chi connectivity index (χ4v) is 5.43. The van der Waals surface area contributed by atoms with Gasteiger partial charge in [-0.2, -0.15) is 4.31 Å². The summed E-state index contributed by atoms with van der Waals surface area (Å²) in [6.07, 6.45) is 1.44. The van der Waals surface area contributed by atoms with E-state index in [1.807, 2.05) is 0 Å². The molecule has 3 saturated heterocycles. The van der Waals surface area contributed by atoms with Gasteiger partial charge in [0.05, 0.1) is 4.90 Å². The number of rotatable bonds is 3. The zero-order chi connectivity index (χ0) is 16.0. The average Bonchev–Trinajstić information content (AvgIpc) is 3.22. The number of carbonyl (C=O) groups is 1. The Bertz CT molecular complexity index is 711. The van der Waals surface area contributed by atoms with Crippen molar-refractivity contribution >= 4 is 34.0 Å². The van der Waals surface area contributed by atoms with Gasteiger partial charge in [0, 0.05) is 31.7 Å². The number of amides is 1. The molecule has 1 amide bonds. The van der Waals surface area contributed by atoms with E-state index in [1.165, 1.54) is 0 Å². The number of halogens is 1. The van der Waals surface area contributed by atoms with Crippen LogP contribution >= 0.6 is 12.4 Å². The van der Waals surface area contributed by atoms with Crippen LogP contribution in [0.3, 0.4) is 0 Å². The quantitative estimate of drug-likeness (QED) is 0.863. The molecule has 0 aliphatic carbocycles. The minimum atomic E-state index is -3.43. The van der Waals surface area contributed by atoms with E-state index in [2.05, 4.69) is 5.32 Å². The van der Waals surface area contributed by atoms with Crippen LogP contribution in [0.25, 0.3) is 0 Å². The smallest absolute Gasteiger partial charge is 0.243 e. The molecular formula is C16H22ClN3O3S. The molecule has 6 nitrogen and oxygen atoms in total. The molecule has 0 bridgehead atoms. The van der Waals surface area contributed by atoms with Crippen molar-refractivity contribution in [1.29, 1.82) is 0 Å². The predicted molar refractivity (Wildman–Crippen MR) is 93.9 cm³/mol. The summed E-state index contributed by atoms with van der Waals surface area (Å²) in [5.41, 5.74) is 0.786. The normalized spacial score (nSPS) is 27.3. The van der Waals surface area contributed by atoms with Crippen molar-refractivity contribution in [2.45, 2.75) is 17.7 Å². The molecular weight excluding hydrogens is 350 g/mol. The molecule has 8 heteroatoms. The van der Waals surface area contributed by atoms with Crippen LogP contribution in [0.1, 0.15) is 12.8 Å². The maximum absolute atomic E-state index is 12.8. The molecule has 3 aliphatic heterocycles. The Morgan fingerprint density at radius 2 is 1.67 bits per heavy atom. The molecule has 2 atom stereocenters. The fraction of sp³-hybridized carbons (Fsp3) is 0.562. The number of hydrogen-bond donors (Lipinski definition) is 1. The molecule has 0 spiro atoms. The maximum Gasteiger partial charge on any atom is 0.243 e. The molecule has 1 N–H and O–H groups in total. The van der Waals surface area contributed by atoms with Gasteiger partial charge < -0.3 is 10.2 Å². The van der Waals surface area contributed by atoms with Crippen molar-refractivity contribution in [3.8, 4) is 0 Å². The summed E-state index contributed by atoms with van der Waals surface area (Å²) in [5, 5.41) is 3.32. The minimum Gasteiger partial charge on any atom is -0.316 e. The van der Waals surface area contributed by atoms with Crippen molar-refractivity contribution in [3.05, 3.63) is 24.3 Å². The van der Waals surface area contributed by atoms with Crippen LogP contribution in [0.4, 0.5) is 5.69 Å². The highest BCUT2D eigenvalue weighted by atomic mass is 35.5. The van der Waals surface area contributed by atoms with E-state index in [1.54, 1.807) is 33.5 Å². The standard InChI is InChI=1S/C16H21N3O3S.ClH/c20-16-2-1-7-19(16)14-3-5-15(6-4-14)23(21,22)18-10-12-8-17-9-13(12)11-18;/h3-6,12-13,17H,1-2,7-11H2;1H/t12-,13+;. The van der Waals surface area contributed by atoms with E-state index in [0.29, 0.717) is 42.8 Å². The number of carbonyl (C=O) groups excluding carboxylic acids is 1. The first kappa shape index (κ1) is 17.7. The van der Waals surface area contributed by atoms with E-state index in [-0.39, 0.29) is 18.3 Å². The van der Waals surface area contributed by atoms with Gasteiger partial charge in [-0.3, -0.25) is 4.79 Å². The SMILES string of the molecule is Cl.O=C1CCCN1c1ccc(S(=O)(=O)N2C[C@H]3CNC[C@H]3C2)cc1. The highest BCUT2D eigenvalue weighted by Gasteiger charge is 2.41. The third-order valence-corrected chi connectivity index (χ3v) is 7.06. The monoisotopic (exact) mass is 371 g/mol. The summed E-state index contributed by atoms with van der Waals surface area (Å²) in [4.78, 5) is 13.8. The molecule has 3 aliphatic rings. The summed E-state index contributed by atoms with van der Waals surface area (Å²) in [7, 11) is -3.43. The number of nitrogens with zero attached hydrogens (tertiary/aromatic N) is 2. The van der Waals surface area contributed by atoms with Crippen molar-refractivity contribution in [3.63, 3.8) is 0 Å². The number of nitrogens with one attached hydrogen (secondary N) is 1. The van der Waals surface area contributed by atoms with E-state index in [4.69, 9.17) is 0 Å². The van der Waals surface area contributed by atoms with Gasteiger partial charge in [0.1, 0.15) is 0 Å². The Balaban J connectivity index is 0.00000169. The number of fused-ring (bicyclic) bond motifs is 1. The van der Waals surface area contributed by atoms with Crippen LogP contribution in [0.2, 0.25) is 0 Å². The molecule has 132 valence electrons. The molecule has 0 saturated carbocycles. The molecule has 1 aromatic rings. The first-order valence-electron chi connectivity index (χ1n) is 8.17. The Morgan fingerprint density at radius 1 is 1.04 bits per heavy atom. The van der Waals surface area contributed by atoms with Crippen LogP contribution in [0, 0.1) is 11.8 Å². The van der Waals surface area contributed by atoms with E-state index >= 15 is 0 Å². The topological polar surface area (TPSA) is 69.7 Å². The third kappa shape index (κ3) is 2.94. The molecule has 3 heterocycles. The fourth-order valence-electron chi connectivity index (χ4n) is 3.88. The summed E-state index contributed by atoms with van der Waals surface area (Å²) >= 11 is 0. The van der Waals surface area contributed by atoms with Crippen LogP contribution in [0.15, 0.2) is 29.2 Å². The number of hydrogen-bond acceptors (Lipinski definition) is 4. The lowest BCUT2D eigenvalue weighted by atomic mass is 10.0. The molecule has 24 heavy (non-hydrogen) atoms. The second kappa shape index (κ2) is 6.63. The van der Waals surface area contributed by atoms with Crippen molar-refractivity contribution in [2.24, 2.45) is 11.8 Å². The Morgan fingerprint density at radius 3 is 2.21 bits per heavy atom. The lowest BCUT2D eigenvalue weighted by molar-refractivity contribution is -0.117. The lowest BCUT2D eigenvalue weighted by Crippen LogP contribution is -2.32. The molecule has 3 fully saturated rings. The van der Waals surface area contributed by atoms with Crippen LogP contribution in [0.5, 0.6) is 0 Å². The minimum absolute atomic E-state index is 0. The van der Waals surface area contributed by atoms with E-state index < -0.39 is 10.0 Å². The zero-order valence-corrected chi connectivity index (χ0v) is 15.0. The second-order valence-corrected chi connectivity index (χ2v) is 8.58. The average molecular weight is 372 g/mol. The molecule has 1 aromatic carbocycles. The summed E-state index contributed by atoms with van der Waals surface area (Å²) in [6, 6.07) is 6.74. The van der Waals surface area contributed by atoms with Crippen LogP contribution < -0.4 is 10.2 Å². The summed E-state index contributed by atoms with van der Waals surface area (Å²) in [5.74, 6) is 0.984. The van der Waals surface area contributed by atoms with Crippen LogP contribution in [-0.4, -0.2) is 51.4 Å². The van der Waals surface area contributed by atoms with Gasteiger partial charge in [-0.25, -0.2) is 8.42 Å². The number of sulfonamides is 1. The largest absolute Gasteiger partial charge is 0.316 e. The highest BCUT2D eigenvalue weighted by Crippen LogP contribution is 2.31. The molecule has 0 aromatic heterocycles. The van der Waals surface area contributed by atoms with Gasteiger partial charge in [0.25, 0.3) is 0 Å². The van der Waals surface area contributed by atoms with Crippen LogP contribution in [-0.2, 0) is 14.8 Å². The zero-order valence-electron chi connectivity index (χ0n) is 13.3. The van der Waals surface area contributed by atoms with Gasteiger partial charge in [0.15, 0.2) is 0 Å². The molecule has 4 rings (SSSR count). The predicted octanol–water partition coefficient (Wildman–Crippen LogP) is 1.08. The Kier molecular flexibility index (Phi) is 4.88. The lowest BCUT2D eigenvalue weighted by Gasteiger charge is -2.19. The summed E-state index contributed by atoms with van der Waals surface area (Å²) < 4.78 is 27.2. The van der Waals surface area contributed by atoms with Gasteiger partial charge in [-0.05, 0) is 55.6 Å². The number of anilines is 1. The summed E-state index contributed by atoms with van der Waals surface area (Å²) in [6.45, 7) is 3.74. The van der Waals surface area contributed by atoms with E-state index in [0.717, 1.165) is 25.2 Å². The first-order valence-corrected chi connectivity index (χ1v) is 9.61. The molecule has 0 unspecified atom stereocenters.